The number of rotatable bonds is 1. The van der Waals surface area contributed by atoms with E-state index in [1.54, 1.807) is 0 Å². The zero-order valence-corrected chi connectivity index (χ0v) is 9.11. The van der Waals surface area contributed by atoms with Crippen molar-refractivity contribution in [2.75, 3.05) is 20.1 Å². The average molecular weight is 189 g/mol. The van der Waals surface area contributed by atoms with Gasteiger partial charge in [-0.3, -0.25) is 0 Å². The van der Waals surface area contributed by atoms with E-state index in [2.05, 4.69) is 49.2 Å². The molecule has 0 saturated carbocycles. The van der Waals surface area contributed by atoms with Crippen LogP contribution in [0.2, 0.25) is 0 Å². The van der Waals surface area contributed by atoms with E-state index in [1.165, 1.54) is 25.1 Å². The van der Waals surface area contributed by atoms with Crippen molar-refractivity contribution in [1.29, 1.82) is 0 Å². The number of likely N-dealkylation sites (tertiary alicyclic amines) is 1. The van der Waals surface area contributed by atoms with Gasteiger partial charge in [-0.25, -0.2) is 0 Å². The molecule has 0 N–H and O–H groups in total. The third kappa shape index (κ3) is 1.98. The van der Waals surface area contributed by atoms with E-state index >= 15 is 0 Å². The fourth-order valence-electron chi connectivity index (χ4n) is 2.55. The zero-order valence-electron chi connectivity index (χ0n) is 9.11. The summed E-state index contributed by atoms with van der Waals surface area (Å²) in [5.74, 6) is 1.56. The summed E-state index contributed by atoms with van der Waals surface area (Å²) in [5.41, 5.74) is 1.52. The molecule has 0 aliphatic carbocycles. The summed E-state index contributed by atoms with van der Waals surface area (Å²) in [6, 6.07) is 10.9. The van der Waals surface area contributed by atoms with Crippen LogP contribution in [0, 0.1) is 5.92 Å². The molecular formula is C13H19N. The van der Waals surface area contributed by atoms with Crippen LogP contribution in [-0.4, -0.2) is 25.0 Å². The summed E-state index contributed by atoms with van der Waals surface area (Å²) >= 11 is 0. The molecule has 1 nitrogen and oxygen atoms in total. The van der Waals surface area contributed by atoms with E-state index in [1.807, 2.05) is 0 Å². The van der Waals surface area contributed by atoms with Gasteiger partial charge in [-0.1, -0.05) is 37.3 Å². The van der Waals surface area contributed by atoms with Gasteiger partial charge in [0.2, 0.25) is 0 Å². The molecule has 0 amide bonds. The quantitative estimate of drug-likeness (QED) is 0.656. The molecule has 76 valence electrons. The van der Waals surface area contributed by atoms with E-state index < -0.39 is 0 Å². The first-order chi connectivity index (χ1) is 6.77. The lowest BCUT2D eigenvalue weighted by atomic mass is 9.82. The first kappa shape index (κ1) is 9.72. The fourth-order valence-corrected chi connectivity index (χ4v) is 2.55. The molecule has 2 atom stereocenters. The Balaban J connectivity index is 2.12. The summed E-state index contributed by atoms with van der Waals surface area (Å²) < 4.78 is 0. The highest BCUT2D eigenvalue weighted by Crippen LogP contribution is 2.31. The number of benzene rings is 1. The van der Waals surface area contributed by atoms with Gasteiger partial charge in [0, 0.05) is 6.54 Å². The van der Waals surface area contributed by atoms with Crippen LogP contribution in [-0.2, 0) is 0 Å². The molecule has 2 unspecified atom stereocenters. The summed E-state index contributed by atoms with van der Waals surface area (Å²) in [4.78, 5) is 2.43. The number of piperidine rings is 1. The van der Waals surface area contributed by atoms with E-state index in [-0.39, 0.29) is 0 Å². The van der Waals surface area contributed by atoms with Crippen LogP contribution in [0.15, 0.2) is 30.3 Å². The standard InChI is InChI=1S/C13H19N/c1-11-10-14(2)9-8-13(11)12-6-4-3-5-7-12/h3-7,11,13H,8-10H2,1-2H3. The Morgan fingerprint density at radius 1 is 1.21 bits per heavy atom. The summed E-state index contributed by atoms with van der Waals surface area (Å²) in [5, 5.41) is 0. The monoisotopic (exact) mass is 189 g/mol. The third-order valence-corrected chi connectivity index (χ3v) is 3.34. The zero-order chi connectivity index (χ0) is 9.97. The molecule has 1 heterocycles. The van der Waals surface area contributed by atoms with Gasteiger partial charge in [0.1, 0.15) is 0 Å². The lowest BCUT2D eigenvalue weighted by molar-refractivity contribution is 0.195. The third-order valence-electron chi connectivity index (χ3n) is 3.34. The number of hydrogen-bond acceptors (Lipinski definition) is 1. The minimum Gasteiger partial charge on any atom is -0.306 e. The molecule has 1 aliphatic rings. The fraction of sp³-hybridized carbons (Fsp3) is 0.538. The molecule has 1 aromatic rings. The Morgan fingerprint density at radius 3 is 2.57 bits per heavy atom. The molecule has 2 rings (SSSR count). The van der Waals surface area contributed by atoms with Gasteiger partial charge in [0.05, 0.1) is 0 Å². The van der Waals surface area contributed by atoms with Crippen molar-refractivity contribution in [2.24, 2.45) is 5.92 Å². The van der Waals surface area contributed by atoms with Crippen molar-refractivity contribution >= 4 is 0 Å². The summed E-state index contributed by atoms with van der Waals surface area (Å²) in [6.45, 7) is 4.84. The van der Waals surface area contributed by atoms with Gasteiger partial charge in [-0.05, 0) is 37.4 Å². The van der Waals surface area contributed by atoms with Crippen molar-refractivity contribution < 1.29 is 0 Å². The largest absolute Gasteiger partial charge is 0.306 e. The van der Waals surface area contributed by atoms with Crippen LogP contribution in [0.5, 0.6) is 0 Å². The number of hydrogen-bond donors (Lipinski definition) is 0. The molecule has 1 saturated heterocycles. The average Bonchev–Trinajstić information content (AvgIpc) is 2.19. The van der Waals surface area contributed by atoms with Gasteiger partial charge < -0.3 is 4.90 Å². The second-order valence-corrected chi connectivity index (χ2v) is 4.55. The second-order valence-electron chi connectivity index (χ2n) is 4.55. The lowest BCUT2D eigenvalue weighted by Crippen LogP contribution is -2.35. The van der Waals surface area contributed by atoms with E-state index in [4.69, 9.17) is 0 Å². The van der Waals surface area contributed by atoms with Gasteiger partial charge in [-0.15, -0.1) is 0 Å². The Labute approximate surface area is 86.7 Å². The molecular weight excluding hydrogens is 170 g/mol. The molecule has 0 spiro atoms. The number of nitrogens with zero attached hydrogens (tertiary/aromatic N) is 1. The highest BCUT2D eigenvalue weighted by Gasteiger charge is 2.24. The molecule has 0 radical (unpaired) electrons. The molecule has 14 heavy (non-hydrogen) atoms. The lowest BCUT2D eigenvalue weighted by Gasteiger charge is -2.35. The van der Waals surface area contributed by atoms with Gasteiger partial charge >= 0.3 is 0 Å². The SMILES string of the molecule is CC1CN(C)CCC1c1ccccc1. The molecule has 1 fully saturated rings. The first-order valence-electron chi connectivity index (χ1n) is 5.51. The maximum atomic E-state index is 2.43. The predicted molar refractivity (Wildman–Crippen MR) is 60.5 cm³/mol. The molecule has 1 aromatic carbocycles. The molecule has 1 heteroatoms. The van der Waals surface area contributed by atoms with Gasteiger partial charge in [0.15, 0.2) is 0 Å². The normalized spacial score (nSPS) is 29.0. The first-order valence-corrected chi connectivity index (χ1v) is 5.51. The Kier molecular flexibility index (Phi) is 2.87. The van der Waals surface area contributed by atoms with E-state index in [0.29, 0.717) is 0 Å². The summed E-state index contributed by atoms with van der Waals surface area (Å²) in [6.07, 6.45) is 1.31. The van der Waals surface area contributed by atoms with E-state index in [0.717, 1.165) is 11.8 Å². The maximum Gasteiger partial charge on any atom is 0.000982 e. The van der Waals surface area contributed by atoms with Crippen LogP contribution in [0.1, 0.15) is 24.8 Å². The summed E-state index contributed by atoms with van der Waals surface area (Å²) in [7, 11) is 2.22. The van der Waals surface area contributed by atoms with Crippen molar-refractivity contribution in [2.45, 2.75) is 19.3 Å². The topological polar surface area (TPSA) is 3.24 Å². The van der Waals surface area contributed by atoms with Crippen LogP contribution in [0.3, 0.4) is 0 Å². The minimum atomic E-state index is 0.771. The molecule has 0 bridgehead atoms. The maximum absolute atomic E-state index is 2.43. The van der Waals surface area contributed by atoms with Crippen LogP contribution in [0.25, 0.3) is 0 Å². The molecule has 0 aromatic heterocycles. The Bertz CT molecular complexity index is 281. The smallest absolute Gasteiger partial charge is 0.000982 e. The Hall–Kier alpha value is -0.820. The van der Waals surface area contributed by atoms with Crippen LogP contribution >= 0.6 is 0 Å². The van der Waals surface area contributed by atoms with Crippen LogP contribution < -0.4 is 0 Å². The van der Waals surface area contributed by atoms with Gasteiger partial charge in [0.25, 0.3) is 0 Å². The molecule has 1 aliphatic heterocycles. The highest BCUT2D eigenvalue weighted by molar-refractivity contribution is 5.20. The predicted octanol–water partition coefficient (Wildman–Crippen LogP) is 2.74. The second kappa shape index (κ2) is 4.14. The van der Waals surface area contributed by atoms with E-state index in [9.17, 15) is 0 Å². The van der Waals surface area contributed by atoms with Crippen molar-refractivity contribution in [1.82, 2.24) is 4.90 Å². The van der Waals surface area contributed by atoms with Crippen molar-refractivity contribution in [3.05, 3.63) is 35.9 Å². The van der Waals surface area contributed by atoms with Crippen LogP contribution in [0.4, 0.5) is 0 Å². The van der Waals surface area contributed by atoms with Crippen molar-refractivity contribution in [3.8, 4) is 0 Å². The highest BCUT2D eigenvalue weighted by atomic mass is 15.1. The Morgan fingerprint density at radius 2 is 1.93 bits per heavy atom. The van der Waals surface area contributed by atoms with Crippen molar-refractivity contribution in [3.63, 3.8) is 0 Å². The van der Waals surface area contributed by atoms with Gasteiger partial charge in [-0.2, -0.15) is 0 Å². The minimum absolute atomic E-state index is 0.771.